The summed E-state index contributed by atoms with van der Waals surface area (Å²) in [5.41, 5.74) is 2.41. The molecule has 19 nitrogen and oxygen atoms in total. The fraction of sp³-hybridized carbons (Fsp3) is 0.486. The molecule has 0 aliphatic rings. The van der Waals surface area contributed by atoms with Crippen molar-refractivity contribution in [3.8, 4) is 22.5 Å². The molecule has 0 radical (unpaired) electrons. The van der Waals surface area contributed by atoms with Crippen molar-refractivity contribution < 1.29 is 43.0 Å². The smallest absolute Gasteiger partial charge is 0.456 e. The maximum absolute atomic E-state index is 13.8. The van der Waals surface area contributed by atoms with E-state index in [0.29, 0.717) is 12.2 Å². The molecule has 0 fully saturated rings. The van der Waals surface area contributed by atoms with E-state index in [-0.39, 0.29) is 49.2 Å². The first-order valence-electron chi connectivity index (χ1n) is 17.3. The third kappa shape index (κ3) is 11.4. The molecular formula is C35H43N7O12. The van der Waals surface area contributed by atoms with Crippen molar-refractivity contribution in [2.24, 2.45) is 11.3 Å². The first kappa shape index (κ1) is 40.6. The van der Waals surface area contributed by atoms with Crippen LogP contribution >= 0.6 is 0 Å². The van der Waals surface area contributed by atoms with Gasteiger partial charge in [0.1, 0.15) is 18.8 Å². The molecule has 0 aliphatic heterocycles. The van der Waals surface area contributed by atoms with E-state index in [1.807, 2.05) is 55.5 Å². The Hall–Kier alpha value is -6.14. The maximum atomic E-state index is 13.8. The number of hydrogen-bond acceptors (Lipinski definition) is 15. The van der Waals surface area contributed by atoms with Crippen LogP contribution in [0.3, 0.4) is 0 Å². The van der Waals surface area contributed by atoms with Crippen LogP contribution < -0.4 is 5.82 Å². The number of nitrogens with zero attached hydrogens (tertiary/aromatic N) is 6. The SMILES string of the molecule is CCCCC(=O)N(Cc1ccc(-c2ccccc2-c2nn[nH]n2)cc1)[C@H](C(=O)OCc1oc(=O)oc1CC(C)(C)C[C@@H](CO[N+](=O)[O-])O[N+](=O)[O-])C(C)C. The lowest BCUT2D eigenvalue weighted by molar-refractivity contribution is -0.790. The number of carbonyl (C=O) groups excluding carboxylic acids is 2. The average molecular weight is 754 g/mol. The number of nitrogens with one attached hydrogen (secondary N) is 1. The summed E-state index contributed by atoms with van der Waals surface area (Å²) in [6.45, 7) is 7.76. The van der Waals surface area contributed by atoms with Crippen LogP contribution in [0.4, 0.5) is 0 Å². The fourth-order valence-electron chi connectivity index (χ4n) is 6.08. The highest BCUT2D eigenvalue weighted by molar-refractivity contribution is 5.85. The minimum absolute atomic E-state index is 0.00539. The minimum Gasteiger partial charge on any atom is -0.456 e. The number of unbranched alkanes of at least 4 members (excludes halogenated alkanes) is 1. The molecule has 2 aromatic carbocycles. The van der Waals surface area contributed by atoms with E-state index < -0.39 is 52.7 Å². The van der Waals surface area contributed by atoms with Crippen LogP contribution in [0.2, 0.25) is 0 Å². The zero-order valence-corrected chi connectivity index (χ0v) is 30.6. The summed E-state index contributed by atoms with van der Waals surface area (Å²) in [5, 5.41) is 33.8. The lowest BCUT2D eigenvalue weighted by atomic mass is 9.82. The summed E-state index contributed by atoms with van der Waals surface area (Å²) in [4.78, 5) is 71.6. The van der Waals surface area contributed by atoms with Gasteiger partial charge in [0.2, 0.25) is 11.7 Å². The number of ether oxygens (including phenoxy) is 1. The van der Waals surface area contributed by atoms with Crippen LogP contribution in [0.5, 0.6) is 0 Å². The number of amides is 1. The molecule has 0 unspecified atom stereocenters. The lowest BCUT2D eigenvalue weighted by Gasteiger charge is -2.33. The first-order valence-corrected chi connectivity index (χ1v) is 17.3. The summed E-state index contributed by atoms with van der Waals surface area (Å²) in [6, 6.07) is 14.2. The Balaban J connectivity index is 1.51. The van der Waals surface area contributed by atoms with Crippen LogP contribution in [0, 0.1) is 31.6 Å². The molecule has 4 rings (SSSR count). The summed E-state index contributed by atoms with van der Waals surface area (Å²) in [6.07, 6.45) is 0.121. The van der Waals surface area contributed by atoms with Gasteiger partial charge in [0, 0.05) is 24.9 Å². The monoisotopic (exact) mass is 753 g/mol. The first-order chi connectivity index (χ1) is 25.7. The molecule has 290 valence electrons. The van der Waals surface area contributed by atoms with Gasteiger partial charge in [-0.05, 0) is 46.1 Å². The molecule has 1 amide bonds. The molecule has 1 N–H and O–H groups in total. The molecule has 0 saturated heterocycles. The van der Waals surface area contributed by atoms with Gasteiger partial charge in [-0.15, -0.1) is 30.4 Å². The molecule has 0 aliphatic carbocycles. The molecule has 4 aromatic rings. The van der Waals surface area contributed by atoms with Gasteiger partial charge in [0.05, 0.1) is 0 Å². The Morgan fingerprint density at radius 1 is 1.00 bits per heavy atom. The highest BCUT2D eigenvalue weighted by Crippen LogP contribution is 2.32. The number of aromatic amines is 1. The number of carbonyl (C=O) groups is 2. The van der Waals surface area contributed by atoms with Gasteiger partial charge in [-0.3, -0.25) is 4.79 Å². The van der Waals surface area contributed by atoms with Crippen molar-refractivity contribution in [2.45, 2.75) is 92.0 Å². The van der Waals surface area contributed by atoms with Crippen molar-refractivity contribution in [1.82, 2.24) is 25.5 Å². The summed E-state index contributed by atoms with van der Waals surface area (Å²) < 4.78 is 16.1. The van der Waals surface area contributed by atoms with Crippen LogP contribution in [0.15, 0.2) is 62.2 Å². The third-order valence-electron chi connectivity index (χ3n) is 8.49. The fourth-order valence-corrected chi connectivity index (χ4v) is 6.08. The summed E-state index contributed by atoms with van der Waals surface area (Å²) in [7, 11) is 0. The van der Waals surface area contributed by atoms with Crippen LogP contribution in [0.25, 0.3) is 22.5 Å². The molecule has 54 heavy (non-hydrogen) atoms. The van der Waals surface area contributed by atoms with E-state index in [2.05, 4.69) is 30.3 Å². The number of hydrogen-bond donors (Lipinski definition) is 1. The Kier molecular flexibility index (Phi) is 14.0. The molecule has 0 bridgehead atoms. The number of rotatable bonds is 21. The van der Waals surface area contributed by atoms with Crippen molar-refractivity contribution in [3.05, 3.63) is 96.5 Å². The average Bonchev–Trinajstić information content (AvgIpc) is 3.77. The molecule has 2 heterocycles. The Morgan fingerprint density at radius 2 is 1.69 bits per heavy atom. The second kappa shape index (κ2) is 18.6. The van der Waals surface area contributed by atoms with E-state index in [0.717, 1.165) is 28.7 Å². The molecular weight excluding hydrogens is 710 g/mol. The normalized spacial score (nSPS) is 12.6. The van der Waals surface area contributed by atoms with Crippen molar-refractivity contribution in [2.75, 3.05) is 6.61 Å². The van der Waals surface area contributed by atoms with E-state index in [1.165, 1.54) is 4.90 Å². The van der Waals surface area contributed by atoms with E-state index in [4.69, 9.17) is 13.6 Å². The van der Waals surface area contributed by atoms with Crippen LogP contribution in [-0.2, 0) is 43.6 Å². The van der Waals surface area contributed by atoms with E-state index in [9.17, 15) is 34.6 Å². The zero-order chi connectivity index (χ0) is 39.4. The second-order valence-corrected chi connectivity index (χ2v) is 13.7. The number of benzene rings is 2. The third-order valence-corrected chi connectivity index (χ3v) is 8.49. The van der Waals surface area contributed by atoms with Gasteiger partial charge in [-0.25, -0.2) is 9.59 Å². The Bertz CT molecular complexity index is 1920. The molecule has 0 saturated carbocycles. The molecule has 2 aromatic heterocycles. The lowest BCUT2D eigenvalue weighted by Crippen LogP contribution is -2.48. The largest absolute Gasteiger partial charge is 0.519 e. The topological polar surface area (TPSA) is 249 Å². The van der Waals surface area contributed by atoms with Crippen molar-refractivity contribution in [3.63, 3.8) is 0 Å². The number of H-pyrrole nitrogens is 1. The Labute approximate surface area is 309 Å². The predicted octanol–water partition coefficient (Wildman–Crippen LogP) is 5.11. The van der Waals surface area contributed by atoms with Crippen molar-refractivity contribution in [1.29, 1.82) is 0 Å². The highest BCUT2D eigenvalue weighted by atomic mass is 17.0. The summed E-state index contributed by atoms with van der Waals surface area (Å²) in [5.74, 6) is -2.05. The predicted molar refractivity (Wildman–Crippen MR) is 188 cm³/mol. The van der Waals surface area contributed by atoms with Crippen molar-refractivity contribution >= 4 is 11.9 Å². The van der Waals surface area contributed by atoms with Gasteiger partial charge >= 0.3 is 11.8 Å². The van der Waals surface area contributed by atoms with Gasteiger partial charge in [0.25, 0.3) is 10.2 Å². The summed E-state index contributed by atoms with van der Waals surface area (Å²) >= 11 is 0. The number of esters is 1. The van der Waals surface area contributed by atoms with Crippen LogP contribution in [0.1, 0.15) is 77.4 Å². The van der Waals surface area contributed by atoms with E-state index >= 15 is 0 Å². The molecule has 19 heteroatoms. The number of aromatic nitrogens is 4. The van der Waals surface area contributed by atoms with Gasteiger partial charge < -0.3 is 28.1 Å². The van der Waals surface area contributed by atoms with Gasteiger partial charge in [0.15, 0.2) is 18.1 Å². The van der Waals surface area contributed by atoms with E-state index in [1.54, 1.807) is 27.7 Å². The molecule has 0 spiro atoms. The van der Waals surface area contributed by atoms with Gasteiger partial charge in [-0.2, -0.15) is 5.21 Å². The zero-order valence-electron chi connectivity index (χ0n) is 30.6. The number of tetrazole rings is 1. The molecule has 2 atom stereocenters. The minimum atomic E-state index is -1.31. The van der Waals surface area contributed by atoms with Gasteiger partial charge in [-0.1, -0.05) is 89.6 Å². The standard InChI is InChI=1S/C35H43N7O12/c1-6-7-12-30(43)40(19-23-13-15-24(16-14-23)26-10-8-9-11-27(26)32-36-38-39-37-32)31(22(2)3)33(44)50-21-29-28(52-34(45)53-29)18-35(4,5)17-25(54-42(48)49)20-51-41(46)47/h8-11,13-16,22,25,31H,6-7,12,17-21H2,1-5H3,(H,36,37,38,39)/t25-,31-/m0/s1. The quantitative estimate of drug-likeness (QED) is 0.0659. The second-order valence-electron chi connectivity index (χ2n) is 13.7. The highest BCUT2D eigenvalue weighted by Gasteiger charge is 2.35. The Morgan fingerprint density at radius 3 is 2.30 bits per heavy atom. The maximum Gasteiger partial charge on any atom is 0.519 e. The van der Waals surface area contributed by atoms with Crippen LogP contribution in [-0.4, -0.2) is 66.3 Å².